The molecule has 3 aromatic rings. The van der Waals surface area contributed by atoms with E-state index >= 15 is 0 Å². The molecule has 7 heteroatoms. The lowest BCUT2D eigenvalue weighted by molar-refractivity contribution is 0.448. The smallest absolute Gasteiger partial charge is 0.217 e. The average Bonchev–Trinajstić information content (AvgIpc) is 3.02. The van der Waals surface area contributed by atoms with Crippen LogP contribution in [0, 0.1) is 0 Å². The van der Waals surface area contributed by atoms with Gasteiger partial charge in [-0.05, 0) is 36.2 Å². The molecular weight excluding hydrogens is 338 g/mol. The van der Waals surface area contributed by atoms with Crippen molar-refractivity contribution in [3.63, 3.8) is 0 Å². The first kappa shape index (κ1) is 16.3. The van der Waals surface area contributed by atoms with Crippen LogP contribution in [0.2, 0.25) is 0 Å². The Morgan fingerprint density at radius 3 is 2.88 bits per heavy atom. The highest BCUT2D eigenvalue weighted by molar-refractivity contribution is 7.88. The fraction of sp³-hybridized carbons (Fsp3) is 0.278. The highest BCUT2D eigenvalue weighted by atomic mass is 32.2. The molecule has 0 aliphatic carbocycles. The van der Waals surface area contributed by atoms with Gasteiger partial charge in [0.1, 0.15) is 11.4 Å². The summed E-state index contributed by atoms with van der Waals surface area (Å²) in [6, 6.07) is 15.4. The molecule has 6 nitrogen and oxygen atoms in total. The highest BCUT2D eigenvalue weighted by Crippen LogP contribution is 2.23. The SMILES string of the molecule is O=S(=O)(Cc1noc2ccccc12)NCC1NCCc2ccccc21. The van der Waals surface area contributed by atoms with Crippen molar-refractivity contribution in [3.8, 4) is 0 Å². The Morgan fingerprint density at radius 1 is 1.16 bits per heavy atom. The van der Waals surface area contributed by atoms with E-state index in [0.717, 1.165) is 23.9 Å². The molecule has 2 aromatic carbocycles. The third-order valence-electron chi connectivity index (χ3n) is 4.50. The van der Waals surface area contributed by atoms with Gasteiger partial charge in [0, 0.05) is 18.0 Å². The minimum Gasteiger partial charge on any atom is -0.356 e. The summed E-state index contributed by atoms with van der Waals surface area (Å²) in [5.74, 6) is -0.196. The van der Waals surface area contributed by atoms with Gasteiger partial charge in [0.15, 0.2) is 5.58 Å². The van der Waals surface area contributed by atoms with Crippen molar-refractivity contribution in [1.82, 2.24) is 15.2 Å². The van der Waals surface area contributed by atoms with Crippen LogP contribution in [-0.4, -0.2) is 26.7 Å². The van der Waals surface area contributed by atoms with Crippen LogP contribution in [0.3, 0.4) is 0 Å². The van der Waals surface area contributed by atoms with Gasteiger partial charge in [-0.3, -0.25) is 0 Å². The van der Waals surface area contributed by atoms with Crippen molar-refractivity contribution in [2.45, 2.75) is 18.2 Å². The maximum absolute atomic E-state index is 12.5. The zero-order chi connectivity index (χ0) is 17.3. The normalized spacial score (nSPS) is 17.5. The molecule has 2 N–H and O–H groups in total. The molecule has 1 aliphatic heterocycles. The summed E-state index contributed by atoms with van der Waals surface area (Å²) in [5.41, 5.74) is 3.45. The van der Waals surface area contributed by atoms with E-state index in [0.29, 0.717) is 17.8 Å². The van der Waals surface area contributed by atoms with Gasteiger partial charge in [0.05, 0.1) is 0 Å². The summed E-state index contributed by atoms with van der Waals surface area (Å²) in [4.78, 5) is 0. The minimum absolute atomic E-state index is 0.0196. The molecule has 0 saturated heterocycles. The van der Waals surface area contributed by atoms with Crippen LogP contribution in [0.1, 0.15) is 22.9 Å². The number of fused-ring (bicyclic) bond motifs is 2. The fourth-order valence-corrected chi connectivity index (χ4v) is 4.35. The van der Waals surface area contributed by atoms with E-state index in [2.05, 4.69) is 21.3 Å². The minimum atomic E-state index is -3.51. The number of rotatable bonds is 5. The number of nitrogens with one attached hydrogen (secondary N) is 2. The third kappa shape index (κ3) is 3.44. The van der Waals surface area contributed by atoms with Crippen molar-refractivity contribution < 1.29 is 12.9 Å². The first-order valence-electron chi connectivity index (χ1n) is 8.24. The van der Waals surface area contributed by atoms with E-state index in [-0.39, 0.29) is 11.8 Å². The summed E-state index contributed by atoms with van der Waals surface area (Å²) in [6.07, 6.45) is 0.963. The Labute approximate surface area is 146 Å². The van der Waals surface area contributed by atoms with Crippen LogP contribution in [-0.2, 0) is 22.2 Å². The van der Waals surface area contributed by atoms with Crippen LogP contribution in [0.15, 0.2) is 53.1 Å². The Hall–Kier alpha value is -2.22. The van der Waals surface area contributed by atoms with Crippen molar-refractivity contribution in [2.75, 3.05) is 13.1 Å². The molecule has 130 valence electrons. The van der Waals surface area contributed by atoms with E-state index in [9.17, 15) is 8.42 Å². The van der Waals surface area contributed by atoms with Gasteiger partial charge >= 0.3 is 0 Å². The summed E-state index contributed by atoms with van der Waals surface area (Å²) < 4.78 is 32.8. The Balaban J connectivity index is 1.48. The van der Waals surface area contributed by atoms with Gasteiger partial charge in [-0.25, -0.2) is 13.1 Å². The third-order valence-corrected chi connectivity index (χ3v) is 5.76. The fourth-order valence-electron chi connectivity index (χ4n) is 3.26. The van der Waals surface area contributed by atoms with Crippen molar-refractivity contribution in [1.29, 1.82) is 0 Å². The van der Waals surface area contributed by atoms with Gasteiger partial charge in [0.2, 0.25) is 10.0 Å². The van der Waals surface area contributed by atoms with E-state index in [4.69, 9.17) is 4.52 Å². The number of sulfonamides is 1. The van der Waals surface area contributed by atoms with Gasteiger partial charge in [-0.15, -0.1) is 0 Å². The zero-order valence-electron chi connectivity index (χ0n) is 13.6. The van der Waals surface area contributed by atoms with Crippen LogP contribution in [0.5, 0.6) is 0 Å². The lowest BCUT2D eigenvalue weighted by Crippen LogP contribution is -2.39. The number of aromatic nitrogens is 1. The maximum Gasteiger partial charge on any atom is 0.217 e. The lowest BCUT2D eigenvalue weighted by Gasteiger charge is -2.27. The Kier molecular flexibility index (Phi) is 4.29. The molecule has 4 rings (SSSR count). The lowest BCUT2D eigenvalue weighted by atomic mass is 9.95. The monoisotopic (exact) mass is 357 g/mol. The molecular formula is C18H19N3O3S. The van der Waals surface area contributed by atoms with Crippen LogP contribution >= 0.6 is 0 Å². The van der Waals surface area contributed by atoms with Gasteiger partial charge < -0.3 is 9.84 Å². The second kappa shape index (κ2) is 6.59. The number of para-hydroxylation sites is 1. The number of hydrogen-bond donors (Lipinski definition) is 2. The Bertz CT molecular complexity index is 997. The molecule has 0 radical (unpaired) electrons. The molecule has 25 heavy (non-hydrogen) atoms. The average molecular weight is 357 g/mol. The molecule has 0 saturated carbocycles. The zero-order valence-corrected chi connectivity index (χ0v) is 14.4. The molecule has 1 atom stereocenters. The topological polar surface area (TPSA) is 84.2 Å². The summed E-state index contributed by atoms with van der Waals surface area (Å²) in [7, 11) is -3.51. The van der Waals surface area contributed by atoms with Gasteiger partial charge in [0.25, 0.3) is 0 Å². The van der Waals surface area contributed by atoms with Crippen molar-refractivity contribution >= 4 is 21.0 Å². The second-order valence-electron chi connectivity index (χ2n) is 6.19. The van der Waals surface area contributed by atoms with E-state index in [1.165, 1.54) is 5.56 Å². The summed E-state index contributed by atoms with van der Waals surface area (Å²) >= 11 is 0. The standard InChI is InChI=1S/C18H19N3O3S/c22-25(23,12-17-15-7-3-4-8-18(15)24-21-17)20-11-16-14-6-2-1-5-13(14)9-10-19-16/h1-8,16,19-20H,9-12H2. The Morgan fingerprint density at radius 2 is 1.96 bits per heavy atom. The number of benzene rings is 2. The van der Waals surface area contributed by atoms with Gasteiger partial charge in [-0.1, -0.05) is 41.6 Å². The molecule has 2 heterocycles. The summed E-state index contributed by atoms with van der Waals surface area (Å²) in [5, 5.41) is 8.01. The first-order chi connectivity index (χ1) is 12.1. The molecule has 0 fully saturated rings. The number of hydrogen-bond acceptors (Lipinski definition) is 5. The molecule has 1 aromatic heterocycles. The molecule has 0 bridgehead atoms. The van der Waals surface area contributed by atoms with Crippen LogP contribution in [0.4, 0.5) is 0 Å². The van der Waals surface area contributed by atoms with E-state index in [1.54, 1.807) is 6.07 Å². The quantitative estimate of drug-likeness (QED) is 0.731. The van der Waals surface area contributed by atoms with Crippen LogP contribution in [0.25, 0.3) is 11.0 Å². The molecule has 1 unspecified atom stereocenters. The van der Waals surface area contributed by atoms with E-state index < -0.39 is 10.0 Å². The molecule has 1 aliphatic rings. The number of nitrogens with zero attached hydrogens (tertiary/aromatic N) is 1. The second-order valence-corrected chi connectivity index (χ2v) is 8.00. The summed E-state index contributed by atoms with van der Waals surface area (Å²) in [6.45, 7) is 1.16. The van der Waals surface area contributed by atoms with Crippen molar-refractivity contribution in [2.24, 2.45) is 0 Å². The first-order valence-corrected chi connectivity index (χ1v) is 9.89. The van der Waals surface area contributed by atoms with Crippen molar-refractivity contribution in [3.05, 3.63) is 65.4 Å². The maximum atomic E-state index is 12.5. The predicted octanol–water partition coefficient (Wildman–Crippen LogP) is 2.13. The molecule has 0 spiro atoms. The predicted molar refractivity (Wildman–Crippen MR) is 95.5 cm³/mol. The van der Waals surface area contributed by atoms with Crippen LogP contribution < -0.4 is 10.0 Å². The largest absolute Gasteiger partial charge is 0.356 e. The van der Waals surface area contributed by atoms with E-state index in [1.807, 2.05) is 36.4 Å². The van der Waals surface area contributed by atoms with Gasteiger partial charge in [-0.2, -0.15) is 0 Å². The highest BCUT2D eigenvalue weighted by Gasteiger charge is 2.22. The molecule has 0 amide bonds.